The first-order valence-electron chi connectivity index (χ1n) is 4.90. The standard InChI is InChI=1S/C11H18O2/c1-9-8-13-11(10(9)2)6-4-3-5-7-12/h8,12H,3-7H2,1-2H3. The number of hydrogen-bond acceptors (Lipinski definition) is 2. The van der Waals surface area contributed by atoms with Crippen molar-refractivity contribution >= 4 is 0 Å². The second-order valence-corrected chi connectivity index (χ2v) is 3.50. The van der Waals surface area contributed by atoms with Gasteiger partial charge in [0.25, 0.3) is 0 Å². The van der Waals surface area contributed by atoms with Crippen LogP contribution in [0.3, 0.4) is 0 Å². The third-order valence-electron chi connectivity index (χ3n) is 2.45. The fourth-order valence-electron chi connectivity index (χ4n) is 1.38. The third kappa shape index (κ3) is 2.88. The number of unbranched alkanes of at least 4 members (excludes halogenated alkanes) is 2. The van der Waals surface area contributed by atoms with E-state index in [1.54, 1.807) is 0 Å². The molecule has 0 radical (unpaired) electrons. The molecule has 0 aliphatic rings. The Kier molecular flexibility index (Phi) is 4.03. The Morgan fingerprint density at radius 1 is 1.23 bits per heavy atom. The van der Waals surface area contributed by atoms with E-state index in [0.29, 0.717) is 6.61 Å². The molecule has 0 aliphatic heterocycles. The highest BCUT2D eigenvalue weighted by Crippen LogP contribution is 2.17. The van der Waals surface area contributed by atoms with Crippen LogP contribution in [0.4, 0.5) is 0 Å². The molecule has 0 amide bonds. The Labute approximate surface area is 79.6 Å². The van der Waals surface area contributed by atoms with Crippen molar-refractivity contribution in [3.8, 4) is 0 Å². The lowest BCUT2D eigenvalue weighted by Gasteiger charge is -1.98. The van der Waals surface area contributed by atoms with Crippen LogP contribution in [0.25, 0.3) is 0 Å². The van der Waals surface area contributed by atoms with Crippen molar-refractivity contribution in [2.75, 3.05) is 6.61 Å². The Bertz CT molecular complexity index is 251. The zero-order valence-corrected chi connectivity index (χ0v) is 8.47. The third-order valence-corrected chi connectivity index (χ3v) is 2.45. The summed E-state index contributed by atoms with van der Waals surface area (Å²) in [5, 5.41) is 8.60. The summed E-state index contributed by atoms with van der Waals surface area (Å²) in [6, 6.07) is 0. The number of hydrogen-bond donors (Lipinski definition) is 1. The molecular formula is C11H18O2. The van der Waals surface area contributed by atoms with Crippen molar-refractivity contribution in [1.82, 2.24) is 0 Å². The number of furan rings is 1. The lowest BCUT2D eigenvalue weighted by Crippen LogP contribution is -1.88. The van der Waals surface area contributed by atoms with Crippen molar-refractivity contribution in [2.45, 2.75) is 39.5 Å². The van der Waals surface area contributed by atoms with E-state index in [1.165, 1.54) is 11.1 Å². The number of rotatable bonds is 5. The molecule has 0 aromatic carbocycles. The number of aliphatic hydroxyl groups is 1. The van der Waals surface area contributed by atoms with Crippen molar-refractivity contribution in [3.63, 3.8) is 0 Å². The molecule has 0 aliphatic carbocycles. The van der Waals surface area contributed by atoms with Gasteiger partial charge in [0.1, 0.15) is 5.76 Å². The molecule has 0 unspecified atom stereocenters. The highest BCUT2D eigenvalue weighted by atomic mass is 16.3. The summed E-state index contributed by atoms with van der Waals surface area (Å²) in [6.07, 6.45) is 5.90. The number of aliphatic hydroxyl groups excluding tert-OH is 1. The quantitative estimate of drug-likeness (QED) is 0.710. The molecule has 1 aromatic rings. The minimum absolute atomic E-state index is 0.302. The van der Waals surface area contributed by atoms with Crippen molar-refractivity contribution in [1.29, 1.82) is 0 Å². The van der Waals surface area contributed by atoms with E-state index in [1.807, 2.05) is 6.26 Å². The van der Waals surface area contributed by atoms with Gasteiger partial charge in [-0.2, -0.15) is 0 Å². The molecule has 13 heavy (non-hydrogen) atoms. The smallest absolute Gasteiger partial charge is 0.106 e. The lowest BCUT2D eigenvalue weighted by molar-refractivity contribution is 0.282. The first-order valence-corrected chi connectivity index (χ1v) is 4.90. The van der Waals surface area contributed by atoms with E-state index < -0.39 is 0 Å². The van der Waals surface area contributed by atoms with Crippen LogP contribution >= 0.6 is 0 Å². The van der Waals surface area contributed by atoms with Gasteiger partial charge in [-0.25, -0.2) is 0 Å². The molecule has 1 rings (SSSR count). The van der Waals surface area contributed by atoms with Crippen molar-refractivity contribution in [3.05, 3.63) is 23.2 Å². The zero-order valence-electron chi connectivity index (χ0n) is 8.47. The summed E-state index contributed by atoms with van der Waals surface area (Å²) in [5.74, 6) is 1.11. The molecule has 0 saturated heterocycles. The maximum Gasteiger partial charge on any atom is 0.106 e. The van der Waals surface area contributed by atoms with Gasteiger partial charge < -0.3 is 9.52 Å². The van der Waals surface area contributed by atoms with E-state index in [-0.39, 0.29) is 0 Å². The molecular weight excluding hydrogens is 164 g/mol. The minimum Gasteiger partial charge on any atom is -0.469 e. The van der Waals surface area contributed by atoms with Gasteiger partial charge in [-0.3, -0.25) is 0 Å². The van der Waals surface area contributed by atoms with Gasteiger partial charge in [0.05, 0.1) is 6.26 Å². The molecule has 1 N–H and O–H groups in total. The Morgan fingerprint density at radius 3 is 2.54 bits per heavy atom. The maximum atomic E-state index is 8.60. The minimum atomic E-state index is 0.302. The lowest BCUT2D eigenvalue weighted by atomic mass is 10.1. The van der Waals surface area contributed by atoms with E-state index in [4.69, 9.17) is 9.52 Å². The molecule has 74 valence electrons. The van der Waals surface area contributed by atoms with E-state index >= 15 is 0 Å². The fraction of sp³-hybridized carbons (Fsp3) is 0.636. The van der Waals surface area contributed by atoms with Gasteiger partial charge >= 0.3 is 0 Å². The monoisotopic (exact) mass is 182 g/mol. The van der Waals surface area contributed by atoms with Crippen LogP contribution < -0.4 is 0 Å². The number of aryl methyl sites for hydroxylation is 2. The molecule has 1 aromatic heterocycles. The average molecular weight is 182 g/mol. The van der Waals surface area contributed by atoms with Crippen LogP contribution in [0, 0.1) is 13.8 Å². The summed E-state index contributed by atoms with van der Waals surface area (Å²) >= 11 is 0. The Morgan fingerprint density at radius 2 is 2.00 bits per heavy atom. The molecule has 0 fully saturated rings. The molecule has 0 bridgehead atoms. The molecule has 0 saturated carbocycles. The Balaban J connectivity index is 2.32. The van der Waals surface area contributed by atoms with Crippen LogP contribution in [-0.4, -0.2) is 11.7 Å². The zero-order chi connectivity index (χ0) is 9.68. The molecule has 1 heterocycles. The van der Waals surface area contributed by atoms with Crippen LogP contribution in [0.5, 0.6) is 0 Å². The predicted molar refractivity (Wildman–Crippen MR) is 52.8 cm³/mol. The second-order valence-electron chi connectivity index (χ2n) is 3.50. The molecule has 0 atom stereocenters. The molecule has 0 spiro atoms. The largest absolute Gasteiger partial charge is 0.469 e. The summed E-state index contributed by atoms with van der Waals surface area (Å²) in [4.78, 5) is 0. The predicted octanol–water partition coefficient (Wildman–Crippen LogP) is 2.60. The molecule has 2 heteroatoms. The van der Waals surface area contributed by atoms with E-state index in [0.717, 1.165) is 31.4 Å². The van der Waals surface area contributed by atoms with Gasteiger partial charge in [-0.05, 0) is 37.8 Å². The average Bonchev–Trinajstić information content (AvgIpc) is 2.43. The first kappa shape index (κ1) is 10.3. The van der Waals surface area contributed by atoms with Gasteiger partial charge in [-0.15, -0.1) is 0 Å². The highest BCUT2D eigenvalue weighted by Gasteiger charge is 2.04. The van der Waals surface area contributed by atoms with Gasteiger partial charge in [0.15, 0.2) is 0 Å². The second kappa shape index (κ2) is 5.07. The van der Waals surface area contributed by atoms with Crippen molar-refractivity contribution < 1.29 is 9.52 Å². The Hall–Kier alpha value is -0.760. The normalized spacial score (nSPS) is 10.7. The summed E-state index contributed by atoms with van der Waals surface area (Å²) in [7, 11) is 0. The van der Waals surface area contributed by atoms with Gasteiger partial charge in [0, 0.05) is 13.0 Å². The SMILES string of the molecule is Cc1coc(CCCCCO)c1C. The van der Waals surface area contributed by atoms with Crippen LogP contribution in [0.15, 0.2) is 10.7 Å². The topological polar surface area (TPSA) is 33.4 Å². The first-order chi connectivity index (χ1) is 6.25. The summed E-state index contributed by atoms with van der Waals surface area (Å²) in [5.41, 5.74) is 2.51. The maximum absolute atomic E-state index is 8.60. The van der Waals surface area contributed by atoms with Crippen LogP contribution in [-0.2, 0) is 6.42 Å². The summed E-state index contributed by atoms with van der Waals surface area (Å²) < 4.78 is 5.41. The van der Waals surface area contributed by atoms with Crippen molar-refractivity contribution in [2.24, 2.45) is 0 Å². The molecule has 2 nitrogen and oxygen atoms in total. The van der Waals surface area contributed by atoms with E-state index in [9.17, 15) is 0 Å². The van der Waals surface area contributed by atoms with Crippen LogP contribution in [0.1, 0.15) is 36.1 Å². The van der Waals surface area contributed by atoms with Crippen LogP contribution in [0.2, 0.25) is 0 Å². The highest BCUT2D eigenvalue weighted by molar-refractivity contribution is 5.24. The van der Waals surface area contributed by atoms with E-state index in [2.05, 4.69) is 13.8 Å². The summed E-state index contributed by atoms with van der Waals surface area (Å²) in [6.45, 7) is 4.46. The van der Waals surface area contributed by atoms with Gasteiger partial charge in [0.2, 0.25) is 0 Å². The van der Waals surface area contributed by atoms with Gasteiger partial charge in [-0.1, -0.05) is 6.42 Å². The fourth-order valence-corrected chi connectivity index (χ4v) is 1.38.